The molecule has 0 rings (SSSR count). The molecule has 0 saturated carbocycles. The van der Waals surface area contributed by atoms with Crippen molar-refractivity contribution in [2.45, 2.75) is 46.0 Å². The van der Waals surface area contributed by atoms with Gasteiger partial charge in [0.05, 0.1) is 6.61 Å². The van der Waals surface area contributed by atoms with Gasteiger partial charge in [0, 0.05) is 0 Å². The zero-order chi connectivity index (χ0) is 12.4. The SMILES string of the molecule is CC(C)CCCCC=CCCOS(=O)(=O)O. The summed E-state index contributed by atoms with van der Waals surface area (Å²) in [4.78, 5) is 0. The van der Waals surface area contributed by atoms with Gasteiger partial charge in [-0.15, -0.1) is 0 Å². The average Bonchev–Trinajstić information content (AvgIpc) is 2.13. The predicted molar refractivity (Wildman–Crippen MR) is 64.6 cm³/mol. The molecule has 16 heavy (non-hydrogen) atoms. The van der Waals surface area contributed by atoms with Gasteiger partial charge in [0.25, 0.3) is 0 Å². The second-order valence-corrected chi connectivity index (χ2v) is 5.28. The summed E-state index contributed by atoms with van der Waals surface area (Å²) in [6, 6.07) is 0. The molecule has 1 N–H and O–H groups in total. The number of unbranched alkanes of at least 4 members (excludes halogenated alkanes) is 2. The number of hydrogen-bond acceptors (Lipinski definition) is 3. The molecule has 5 heteroatoms. The number of hydrogen-bond donors (Lipinski definition) is 1. The van der Waals surface area contributed by atoms with Crippen molar-refractivity contribution in [3.63, 3.8) is 0 Å². The van der Waals surface area contributed by atoms with E-state index in [0.29, 0.717) is 6.42 Å². The van der Waals surface area contributed by atoms with Gasteiger partial charge in [-0.2, -0.15) is 8.42 Å². The van der Waals surface area contributed by atoms with E-state index in [0.717, 1.165) is 18.8 Å². The molecule has 0 aromatic rings. The Hall–Kier alpha value is -0.390. The van der Waals surface area contributed by atoms with E-state index in [1.165, 1.54) is 12.8 Å². The van der Waals surface area contributed by atoms with Gasteiger partial charge in [0.15, 0.2) is 0 Å². The van der Waals surface area contributed by atoms with Crippen LogP contribution in [0.25, 0.3) is 0 Å². The normalized spacial score (nSPS) is 12.8. The molecule has 0 aliphatic rings. The summed E-state index contributed by atoms with van der Waals surface area (Å²) in [5, 5.41) is 0. The Balaban J connectivity index is 3.29. The zero-order valence-corrected chi connectivity index (χ0v) is 10.9. The fourth-order valence-corrected chi connectivity index (χ4v) is 1.58. The van der Waals surface area contributed by atoms with Crippen molar-refractivity contribution in [2.75, 3.05) is 6.61 Å². The fraction of sp³-hybridized carbons (Fsp3) is 0.818. The lowest BCUT2D eigenvalue weighted by Crippen LogP contribution is -2.03. The van der Waals surface area contributed by atoms with E-state index < -0.39 is 10.4 Å². The van der Waals surface area contributed by atoms with Crippen molar-refractivity contribution in [1.82, 2.24) is 0 Å². The number of rotatable bonds is 9. The molecule has 0 heterocycles. The third-order valence-corrected chi connectivity index (χ3v) is 2.55. The van der Waals surface area contributed by atoms with E-state index in [4.69, 9.17) is 4.55 Å². The minimum atomic E-state index is -4.27. The molecule has 0 unspecified atom stereocenters. The van der Waals surface area contributed by atoms with Gasteiger partial charge >= 0.3 is 10.4 Å². The largest absolute Gasteiger partial charge is 0.397 e. The molecule has 0 aromatic heterocycles. The van der Waals surface area contributed by atoms with Crippen LogP contribution in [0.2, 0.25) is 0 Å². The van der Waals surface area contributed by atoms with Crippen molar-refractivity contribution < 1.29 is 17.2 Å². The van der Waals surface area contributed by atoms with Crippen molar-refractivity contribution in [3.05, 3.63) is 12.2 Å². The Morgan fingerprint density at radius 2 is 1.81 bits per heavy atom. The van der Waals surface area contributed by atoms with Crippen molar-refractivity contribution in [1.29, 1.82) is 0 Å². The second kappa shape index (κ2) is 8.73. The van der Waals surface area contributed by atoms with Crippen LogP contribution in [0.1, 0.15) is 46.0 Å². The van der Waals surface area contributed by atoms with Crippen molar-refractivity contribution in [3.8, 4) is 0 Å². The zero-order valence-electron chi connectivity index (χ0n) is 10.1. The van der Waals surface area contributed by atoms with Crippen LogP contribution < -0.4 is 0 Å². The summed E-state index contributed by atoms with van der Waals surface area (Å²) in [5.41, 5.74) is 0. The molecule has 0 atom stereocenters. The van der Waals surface area contributed by atoms with Gasteiger partial charge in [-0.25, -0.2) is 4.18 Å². The van der Waals surface area contributed by atoms with Crippen LogP contribution in [0.3, 0.4) is 0 Å². The van der Waals surface area contributed by atoms with Crippen LogP contribution in [-0.2, 0) is 14.6 Å². The van der Waals surface area contributed by atoms with E-state index in [9.17, 15) is 8.42 Å². The van der Waals surface area contributed by atoms with Gasteiger partial charge < -0.3 is 0 Å². The molecule has 96 valence electrons. The standard InChI is InChI=1S/C11H22O4S/c1-11(2)9-7-5-3-4-6-8-10-15-16(12,13)14/h4,6,11H,3,5,7-10H2,1-2H3,(H,12,13,14). The molecule has 0 radical (unpaired) electrons. The highest BCUT2D eigenvalue weighted by Crippen LogP contribution is 2.08. The van der Waals surface area contributed by atoms with Crippen LogP contribution in [-0.4, -0.2) is 19.6 Å². The highest BCUT2D eigenvalue weighted by Gasteiger charge is 2.01. The summed E-state index contributed by atoms with van der Waals surface area (Å²) < 4.78 is 32.8. The van der Waals surface area contributed by atoms with Gasteiger partial charge in [-0.3, -0.25) is 4.55 Å². The Labute approximate surface area is 98.7 Å². The third kappa shape index (κ3) is 13.6. The molecular formula is C11H22O4S. The molecule has 0 spiro atoms. The maximum Gasteiger partial charge on any atom is 0.397 e. The van der Waals surface area contributed by atoms with Crippen LogP contribution in [0.4, 0.5) is 0 Å². The van der Waals surface area contributed by atoms with Crippen molar-refractivity contribution in [2.24, 2.45) is 5.92 Å². The first-order valence-electron chi connectivity index (χ1n) is 5.68. The smallest absolute Gasteiger partial charge is 0.264 e. The molecule has 4 nitrogen and oxygen atoms in total. The molecule has 0 saturated heterocycles. The first-order chi connectivity index (χ1) is 7.42. The summed E-state index contributed by atoms with van der Waals surface area (Å²) in [6.45, 7) is 4.42. The number of allylic oxidation sites excluding steroid dienone is 1. The lowest BCUT2D eigenvalue weighted by atomic mass is 10.1. The first kappa shape index (κ1) is 15.6. The van der Waals surface area contributed by atoms with Gasteiger partial charge in [-0.05, 0) is 25.2 Å². The quantitative estimate of drug-likeness (QED) is 0.388. The molecule has 0 aromatic carbocycles. The average molecular weight is 250 g/mol. The lowest BCUT2D eigenvalue weighted by molar-refractivity contribution is 0.273. The van der Waals surface area contributed by atoms with E-state index in [1.54, 1.807) is 0 Å². The summed E-state index contributed by atoms with van der Waals surface area (Å²) in [7, 11) is -4.27. The van der Waals surface area contributed by atoms with Gasteiger partial charge in [0.2, 0.25) is 0 Å². The summed E-state index contributed by atoms with van der Waals surface area (Å²) >= 11 is 0. The Morgan fingerprint density at radius 1 is 1.19 bits per heavy atom. The predicted octanol–water partition coefficient (Wildman–Crippen LogP) is 2.97. The van der Waals surface area contributed by atoms with Gasteiger partial charge in [-0.1, -0.05) is 38.8 Å². The highest BCUT2D eigenvalue weighted by atomic mass is 32.3. The second-order valence-electron chi connectivity index (χ2n) is 4.19. The highest BCUT2D eigenvalue weighted by molar-refractivity contribution is 7.80. The Bertz CT molecular complexity index is 280. The monoisotopic (exact) mass is 250 g/mol. The van der Waals surface area contributed by atoms with E-state index in [2.05, 4.69) is 18.0 Å². The molecule has 0 aliphatic carbocycles. The topological polar surface area (TPSA) is 63.6 Å². The molecule has 0 aliphatic heterocycles. The van der Waals surface area contributed by atoms with Crippen LogP contribution >= 0.6 is 0 Å². The minimum absolute atomic E-state index is 0.00132. The minimum Gasteiger partial charge on any atom is -0.264 e. The van der Waals surface area contributed by atoms with Crippen LogP contribution in [0.5, 0.6) is 0 Å². The molecule has 0 amide bonds. The maximum atomic E-state index is 10.2. The van der Waals surface area contributed by atoms with E-state index in [-0.39, 0.29) is 6.61 Å². The Kier molecular flexibility index (Phi) is 8.51. The molecular weight excluding hydrogens is 228 g/mol. The van der Waals surface area contributed by atoms with E-state index in [1.807, 2.05) is 12.2 Å². The maximum absolute atomic E-state index is 10.2. The van der Waals surface area contributed by atoms with Crippen LogP contribution in [0, 0.1) is 5.92 Å². The third-order valence-electron chi connectivity index (χ3n) is 2.09. The fourth-order valence-electron chi connectivity index (χ4n) is 1.27. The summed E-state index contributed by atoms with van der Waals surface area (Å²) in [6.07, 6.45) is 9.05. The summed E-state index contributed by atoms with van der Waals surface area (Å²) in [5.74, 6) is 0.757. The lowest BCUT2D eigenvalue weighted by Gasteiger charge is -2.01. The molecule has 0 fully saturated rings. The molecule has 0 bridgehead atoms. The van der Waals surface area contributed by atoms with Gasteiger partial charge in [0.1, 0.15) is 0 Å². The van der Waals surface area contributed by atoms with E-state index >= 15 is 0 Å². The van der Waals surface area contributed by atoms with Crippen molar-refractivity contribution >= 4 is 10.4 Å². The first-order valence-corrected chi connectivity index (χ1v) is 7.05. The van der Waals surface area contributed by atoms with Crippen LogP contribution in [0.15, 0.2) is 12.2 Å². The Morgan fingerprint density at radius 3 is 2.38 bits per heavy atom.